The number of amides is 1. The lowest BCUT2D eigenvalue weighted by atomic mass is 9.94. The zero-order chi connectivity index (χ0) is 15.6. The molecule has 2 N–H and O–H groups in total. The van der Waals surface area contributed by atoms with Gasteiger partial charge in [0, 0.05) is 6.54 Å². The monoisotopic (exact) mass is 290 g/mol. The molecule has 21 heavy (non-hydrogen) atoms. The Kier molecular flexibility index (Phi) is 4.57. The Bertz CT molecular complexity index is 520. The average molecular weight is 290 g/mol. The number of ether oxygens (including phenoxy) is 1. The van der Waals surface area contributed by atoms with Crippen molar-refractivity contribution in [2.24, 2.45) is 5.73 Å². The summed E-state index contributed by atoms with van der Waals surface area (Å²) < 4.78 is 5.50. The number of hydrogen-bond donors (Lipinski definition) is 1. The Balaban J connectivity index is 2.25. The second-order valence-corrected chi connectivity index (χ2v) is 6.76. The lowest BCUT2D eigenvalue weighted by Gasteiger charge is -2.32. The number of carbonyl (C=O) groups is 1. The predicted octanol–water partition coefficient (Wildman–Crippen LogP) is 3.44. The van der Waals surface area contributed by atoms with E-state index in [2.05, 4.69) is 19.1 Å². The van der Waals surface area contributed by atoms with Crippen molar-refractivity contribution in [2.75, 3.05) is 18.0 Å². The molecular weight excluding hydrogens is 264 g/mol. The summed E-state index contributed by atoms with van der Waals surface area (Å²) in [5.74, 6) is 0.340. The van der Waals surface area contributed by atoms with E-state index in [1.165, 1.54) is 11.1 Å². The predicted molar refractivity (Wildman–Crippen MR) is 85.8 cm³/mol. The summed E-state index contributed by atoms with van der Waals surface area (Å²) in [6.45, 7) is 9.14. The van der Waals surface area contributed by atoms with E-state index >= 15 is 0 Å². The molecule has 1 aromatic rings. The highest BCUT2D eigenvalue weighted by molar-refractivity contribution is 5.89. The number of carbonyl (C=O) groups excluding carboxylic acids is 1. The number of rotatable bonds is 2. The fraction of sp³-hybridized carbons (Fsp3) is 0.588. The smallest absolute Gasteiger partial charge is 0.414 e. The van der Waals surface area contributed by atoms with E-state index in [9.17, 15) is 4.79 Å². The summed E-state index contributed by atoms with van der Waals surface area (Å²) in [4.78, 5) is 14.1. The molecule has 0 bridgehead atoms. The number of nitrogens with two attached hydrogens (primary N) is 1. The van der Waals surface area contributed by atoms with E-state index in [4.69, 9.17) is 10.5 Å². The van der Waals surface area contributed by atoms with Crippen molar-refractivity contribution >= 4 is 11.8 Å². The van der Waals surface area contributed by atoms with Crippen LogP contribution >= 0.6 is 0 Å². The highest BCUT2D eigenvalue weighted by atomic mass is 16.6. The number of fused-ring (bicyclic) bond motifs is 1. The largest absolute Gasteiger partial charge is 0.443 e. The Morgan fingerprint density at radius 1 is 1.43 bits per heavy atom. The first kappa shape index (κ1) is 15.8. The van der Waals surface area contributed by atoms with Crippen LogP contribution in [0.5, 0.6) is 0 Å². The van der Waals surface area contributed by atoms with E-state index < -0.39 is 5.60 Å². The molecule has 0 aromatic heterocycles. The highest BCUT2D eigenvalue weighted by Crippen LogP contribution is 2.31. The number of anilines is 1. The van der Waals surface area contributed by atoms with Gasteiger partial charge in [0.1, 0.15) is 5.60 Å². The first-order valence-electron chi connectivity index (χ1n) is 7.65. The van der Waals surface area contributed by atoms with Gasteiger partial charge in [-0.25, -0.2) is 4.79 Å². The molecule has 0 fully saturated rings. The van der Waals surface area contributed by atoms with Crippen molar-refractivity contribution in [3.63, 3.8) is 0 Å². The van der Waals surface area contributed by atoms with Crippen LogP contribution < -0.4 is 10.6 Å². The molecule has 1 atom stereocenters. The zero-order valence-electron chi connectivity index (χ0n) is 13.5. The Hall–Kier alpha value is -1.55. The topological polar surface area (TPSA) is 55.6 Å². The van der Waals surface area contributed by atoms with Gasteiger partial charge in [0.05, 0.1) is 5.69 Å². The molecule has 2 rings (SSSR count). The minimum absolute atomic E-state index is 0.261. The molecule has 4 nitrogen and oxygen atoms in total. The summed E-state index contributed by atoms with van der Waals surface area (Å²) in [7, 11) is 0. The fourth-order valence-corrected chi connectivity index (χ4v) is 2.57. The van der Waals surface area contributed by atoms with Gasteiger partial charge in [0.25, 0.3) is 0 Å². The van der Waals surface area contributed by atoms with Gasteiger partial charge in [-0.2, -0.15) is 0 Å². The molecule has 1 amide bonds. The summed E-state index contributed by atoms with van der Waals surface area (Å²) in [6, 6.07) is 6.28. The Labute approximate surface area is 127 Å². The molecule has 4 heteroatoms. The molecule has 0 aliphatic carbocycles. The van der Waals surface area contributed by atoms with E-state index in [1.807, 2.05) is 26.8 Å². The number of hydrogen-bond acceptors (Lipinski definition) is 3. The molecule has 0 radical (unpaired) electrons. The van der Waals surface area contributed by atoms with Crippen LogP contribution in [0.3, 0.4) is 0 Å². The number of aryl methyl sites for hydroxylation is 1. The minimum atomic E-state index is -0.470. The van der Waals surface area contributed by atoms with Gasteiger partial charge in [-0.05, 0) is 63.3 Å². The molecule has 1 aromatic carbocycles. The molecule has 1 aliphatic heterocycles. The second kappa shape index (κ2) is 6.06. The van der Waals surface area contributed by atoms with Crippen molar-refractivity contribution in [1.82, 2.24) is 0 Å². The van der Waals surface area contributed by atoms with Crippen LogP contribution in [0.25, 0.3) is 0 Å². The maximum Gasteiger partial charge on any atom is 0.414 e. The lowest BCUT2D eigenvalue weighted by Crippen LogP contribution is -2.39. The van der Waals surface area contributed by atoms with Gasteiger partial charge in [-0.1, -0.05) is 19.1 Å². The van der Waals surface area contributed by atoms with E-state index in [0.717, 1.165) is 18.5 Å². The molecule has 1 heterocycles. The van der Waals surface area contributed by atoms with Gasteiger partial charge < -0.3 is 10.5 Å². The third-order valence-corrected chi connectivity index (χ3v) is 3.76. The molecule has 0 saturated carbocycles. The molecule has 0 spiro atoms. The summed E-state index contributed by atoms with van der Waals surface area (Å²) in [5.41, 5.74) is 8.70. The van der Waals surface area contributed by atoms with Crippen molar-refractivity contribution in [3.8, 4) is 0 Å². The molecule has 1 aliphatic rings. The van der Waals surface area contributed by atoms with Gasteiger partial charge in [0.15, 0.2) is 0 Å². The highest BCUT2D eigenvalue weighted by Gasteiger charge is 2.27. The van der Waals surface area contributed by atoms with Crippen molar-refractivity contribution < 1.29 is 9.53 Å². The van der Waals surface area contributed by atoms with Crippen LogP contribution in [-0.2, 0) is 11.2 Å². The van der Waals surface area contributed by atoms with E-state index in [1.54, 1.807) is 4.90 Å². The van der Waals surface area contributed by atoms with E-state index in [0.29, 0.717) is 19.0 Å². The minimum Gasteiger partial charge on any atom is -0.443 e. The maximum absolute atomic E-state index is 12.3. The summed E-state index contributed by atoms with van der Waals surface area (Å²) in [6.07, 6.45) is 1.70. The molecule has 1 unspecified atom stereocenters. The first-order chi connectivity index (χ1) is 9.81. The quantitative estimate of drug-likeness (QED) is 0.907. The van der Waals surface area contributed by atoms with Gasteiger partial charge in [-0.15, -0.1) is 0 Å². The standard InChI is InChI=1S/C17H26N2O2/c1-12(11-18)13-7-8-15-14(10-13)6-5-9-19(15)16(20)21-17(2,3)4/h7-8,10,12H,5-6,9,11,18H2,1-4H3. The van der Waals surface area contributed by atoms with Crippen molar-refractivity contribution in [1.29, 1.82) is 0 Å². The molecule has 116 valence electrons. The molecular formula is C17H26N2O2. The lowest BCUT2D eigenvalue weighted by molar-refractivity contribution is 0.0578. The third-order valence-electron chi connectivity index (χ3n) is 3.76. The van der Waals surface area contributed by atoms with Crippen LogP contribution in [-0.4, -0.2) is 24.8 Å². The van der Waals surface area contributed by atoms with E-state index in [-0.39, 0.29) is 6.09 Å². The normalized spacial score (nSPS) is 16.3. The van der Waals surface area contributed by atoms with Crippen LogP contribution in [0.2, 0.25) is 0 Å². The Morgan fingerprint density at radius 2 is 2.14 bits per heavy atom. The number of benzene rings is 1. The number of nitrogens with zero attached hydrogens (tertiary/aromatic N) is 1. The summed E-state index contributed by atoms with van der Waals surface area (Å²) in [5, 5.41) is 0. The molecule has 0 saturated heterocycles. The maximum atomic E-state index is 12.3. The van der Waals surface area contributed by atoms with Gasteiger partial charge in [0.2, 0.25) is 0 Å². The third kappa shape index (κ3) is 3.76. The van der Waals surface area contributed by atoms with Crippen molar-refractivity contribution in [2.45, 2.75) is 52.1 Å². The van der Waals surface area contributed by atoms with Crippen LogP contribution in [0.1, 0.15) is 51.2 Å². The SMILES string of the molecule is CC(CN)c1ccc2c(c1)CCCN2C(=O)OC(C)(C)C. The first-order valence-corrected chi connectivity index (χ1v) is 7.65. The fourth-order valence-electron chi connectivity index (χ4n) is 2.57. The van der Waals surface area contributed by atoms with Crippen molar-refractivity contribution in [3.05, 3.63) is 29.3 Å². The summed E-state index contributed by atoms with van der Waals surface area (Å²) >= 11 is 0. The van der Waals surface area contributed by atoms with Crippen LogP contribution in [0.4, 0.5) is 10.5 Å². The average Bonchev–Trinajstić information content (AvgIpc) is 2.43. The van der Waals surface area contributed by atoms with Crippen LogP contribution in [0.15, 0.2) is 18.2 Å². The Morgan fingerprint density at radius 3 is 2.76 bits per heavy atom. The van der Waals surface area contributed by atoms with Crippen LogP contribution in [0, 0.1) is 0 Å². The van der Waals surface area contributed by atoms with Gasteiger partial charge in [-0.3, -0.25) is 4.90 Å². The second-order valence-electron chi connectivity index (χ2n) is 6.76. The van der Waals surface area contributed by atoms with Gasteiger partial charge >= 0.3 is 6.09 Å². The zero-order valence-corrected chi connectivity index (χ0v) is 13.5.